The first-order valence-corrected chi connectivity index (χ1v) is 3.99. The third kappa shape index (κ3) is 2.78. The van der Waals surface area contributed by atoms with Gasteiger partial charge in [-0.1, -0.05) is 6.42 Å². The average molecular weight is 157 g/mol. The molecule has 1 rings (SSSR count). The van der Waals surface area contributed by atoms with E-state index in [9.17, 15) is 4.79 Å². The Bertz CT molecular complexity index is 129. The molecule has 1 fully saturated rings. The van der Waals surface area contributed by atoms with Gasteiger partial charge in [0.25, 0.3) is 0 Å². The van der Waals surface area contributed by atoms with Gasteiger partial charge in [0.2, 0.25) is 0 Å². The molecule has 1 aliphatic carbocycles. The molecule has 0 aromatic rings. The second kappa shape index (κ2) is 4.21. The van der Waals surface area contributed by atoms with Crippen LogP contribution in [0.5, 0.6) is 0 Å². The number of carbonyl (C=O) groups is 1. The number of hydrogen-bond donors (Lipinski definition) is 0. The molecular weight excluding hydrogens is 144 g/mol. The highest BCUT2D eigenvalue weighted by Gasteiger charge is 2.20. The van der Waals surface area contributed by atoms with Gasteiger partial charge in [0, 0.05) is 0 Å². The number of ether oxygens (including phenoxy) is 2. The fourth-order valence-electron chi connectivity index (χ4n) is 0.880. The second-order valence-electron chi connectivity index (χ2n) is 2.63. The van der Waals surface area contributed by atoms with Crippen LogP contribution < -0.4 is 0 Å². The highest BCUT2D eigenvalue weighted by Crippen LogP contribution is 2.28. The van der Waals surface area contributed by atoms with Gasteiger partial charge in [-0.15, -0.1) is 0 Å². The van der Waals surface area contributed by atoms with E-state index in [0.717, 1.165) is 12.8 Å². The van der Waals surface area contributed by atoms with Crippen LogP contribution in [0.1, 0.15) is 26.2 Å². The van der Waals surface area contributed by atoms with E-state index in [1.165, 1.54) is 6.42 Å². The van der Waals surface area contributed by atoms with E-state index in [1.807, 2.05) is 0 Å². The molecule has 0 N–H and O–H groups in total. The minimum Gasteiger partial charge on any atom is -0.435 e. The summed E-state index contributed by atoms with van der Waals surface area (Å²) in [6.45, 7) is 3.71. The predicted molar refractivity (Wildman–Crippen MR) is 39.7 cm³/mol. The summed E-state index contributed by atoms with van der Waals surface area (Å²) in [6, 6.07) is 0. The Morgan fingerprint density at radius 2 is 2.36 bits per heavy atom. The Morgan fingerprint density at radius 3 is 2.82 bits per heavy atom. The Hall–Kier alpha value is -0.730. The number of rotatable bonds is 3. The predicted octanol–water partition coefficient (Wildman–Crippen LogP) is 2.12. The normalized spacial score (nSPS) is 17.2. The fourth-order valence-corrected chi connectivity index (χ4v) is 0.880. The van der Waals surface area contributed by atoms with E-state index in [1.54, 1.807) is 13.5 Å². The molecular formula is C8H13O3. The molecule has 0 aromatic heterocycles. The third-order valence-electron chi connectivity index (χ3n) is 1.77. The summed E-state index contributed by atoms with van der Waals surface area (Å²) in [5.41, 5.74) is 0. The Balaban J connectivity index is 1.96. The summed E-state index contributed by atoms with van der Waals surface area (Å²) < 4.78 is 9.27. The molecule has 0 aromatic carbocycles. The molecule has 0 amide bonds. The van der Waals surface area contributed by atoms with E-state index in [0.29, 0.717) is 12.5 Å². The van der Waals surface area contributed by atoms with E-state index in [2.05, 4.69) is 4.74 Å². The van der Waals surface area contributed by atoms with E-state index in [4.69, 9.17) is 4.74 Å². The maximum absolute atomic E-state index is 10.6. The molecule has 1 saturated carbocycles. The van der Waals surface area contributed by atoms with Crippen molar-refractivity contribution in [1.29, 1.82) is 0 Å². The zero-order chi connectivity index (χ0) is 8.10. The molecule has 0 atom stereocenters. The smallest absolute Gasteiger partial charge is 0.435 e. The van der Waals surface area contributed by atoms with Crippen molar-refractivity contribution < 1.29 is 14.3 Å². The van der Waals surface area contributed by atoms with Gasteiger partial charge in [0.05, 0.1) is 6.61 Å². The molecule has 11 heavy (non-hydrogen) atoms. The highest BCUT2D eigenvalue weighted by atomic mass is 16.7. The molecule has 0 saturated heterocycles. The first-order valence-electron chi connectivity index (χ1n) is 3.99. The van der Waals surface area contributed by atoms with Crippen LogP contribution in [0.3, 0.4) is 0 Å². The second-order valence-corrected chi connectivity index (χ2v) is 2.63. The topological polar surface area (TPSA) is 35.5 Å². The van der Waals surface area contributed by atoms with Crippen molar-refractivity contribution in [2.45, 2.75) is 26.2 Å². The molecule has 3 heteroatoms. The minimum absolute atomic E-state index is 0.372. The van der Waals surface area contributed by atoms with Crippen molar-refractivity contribution >= 4 is 6.16 Å². The quantitative estimate of drug-likeness (QED) is 0.588. The standard InChI is InChI=1S/C8H13O3/c1-2-10-8(9)11-6-7-4-3-5-7/h6-7H,2-5H2,1H3. The molecule has 0 aliphatic heterocycles. The average Bonchev–Trinajstić information content (AvgIpc) is 1.85. The Labute approximate surface area is 66.7 Å². The van der Waals surface area contributed by atoms with Gasteiger partial charge >= 0.3 is 6.16 Å². The summed E-state index contributed by atoms with van der Waals surface area (Å²) >= 11 is 0. The first-order chi connectivity index (χ1) is 5.33. The summed E-state index contributed by atoms with van der Waals surface area (Å²) in [5, 5.41) is 0. The maximum atomic E-state index is 10.6. The van der Waals surface area contributed by atoms with Gasteiger partial charge in [0.1, 0.15) is 6.61 Å². The molecule has 63 valence electrons. The van der Waals surface area contributed by atoms with Crippen molar-refractivity contribution in [3.05, 3.63) is 6.61 Å². The lowest BCUT2D eigenvalue weighted by Gasteiger charge is -2.23. The lowest BCUT2D eigenvalue weighted by atomic mass is 9.86. The van der Waals surface area contributed by atoms with Crippen LogP contribution in [-0.4, -0.2) is 12.8 Å². The van der Waals surface area contributed by atoms with Crippen LogP contribution in [0.15, 0.2) is 0 Å². The van der Waals surface area contributed by atoms with Crippen molar-refractivity contribution in [3.8, 4) is 0 Å². The van der Waals surface area contributed by atoms with Gasteiger partial charge in [-0.25, -0.2) is 4.79 Å². The van der Waals surface area contributed by atoms with Crippen LogP contribution in [0.4, 0.5) is 4.79 Å². The first kappa shape index (κ1) is 8.37. The van der Waals surface area contributed by atoms with Crippen molar-refractivity contribution in [1.82, 2.24) is 0 Å². The monoisotopic (exact) mass is 157 g/mol. The lowest BCUT2D eigenvalue weighted by molar-refractivity contribution is 0.0638. The van der Waals surface area contributed by atoms with E-state index in [-0.39, 0.29) is 0 Å². The van der Waals surface area contributed by atoms with Crippen LogP contribution in [0.2, 0.25) is 0 Å². The SMILES string of the molecule is CCOC(=O)O[CH]C1CCC1. The zero-order valence-corrected chi connectivity index (χ0v) is 6.71. The highest BCUT2D eigenvalue weighted by molar-refractivity contribution is 5.60. The number of carbonyl (C=O) groups excluding carboxylic acids is 1. The largest absolute Gasteiger partial charge is 0.508 e. The van der Waals surface area contributed by atoms with Gasteiger partial charge in [-0.05, 0) is 25.7 Å². The third-order valence-corrected chi connectivity index (χ3v) is 1.77. The molecule has 1 radical (unpaired) electrons. The van der Waals surface area contributed by atoms with Crippen LogP contribution >= 0.6 is 0 Å². The maximum Gasteiger partial charge on any atom is 0.508 e. The van der Waals surface area contributed by atoms with Crippen molar-refractivity contribution in [2.75, 3.05) is 6.61 Å². The van der Waals surface area contributed by atoms with Crippen LogP contribution in [0.25, 0.3) is 0 Å². The molecule has 1 aliphatic rings. The number of hydrogen-bond acceptors (Lipinski definition) is 3. The summed E-state index contributed by atoms with van der Waals surface area (Å²) in [4.78, 5) is 10.6. The molecule has 0 heterocycles. The molecule has 0 unspecified atom stereocenters. The minimum atomic E-state index is -0.584. The van der Waals surface area contributed by atoms with Crippen LogP contribution in [0, 0.1) is 12.5 Å². The van der Waals surface area contributed by atoms with Gasteiger partial charge in [0.15, 0.2) is 0 Å². The van der Waals surface area contributed by atoms with Gasteiger partial charge < -0.3 is 9.47 Å². The van der Waals surface area contributed by atoms with E-state index < -0.39 is 6.16 Å². The summed E-state index contributed by atoms with van der Waals surface area (Å²) in [6.07, 6.45) is 2.94. The molecule has 3 nitrogen and oxygen atoms in total. The summed E-state index contributed by atoms with van der Waals surface area (Å²) in [7, 11) is 0. The zero-order valence-electron chi connectivity index (χ0n) is 6.71. The van der Waals surface area contributed by atoms with E-state index >= 15 is 0 Å². The van der Waals surface area contributed by atoms with Gasteiger partial charge in [-0.3, -0.25) is 0 Å². The van der Waals surface area contributed by atoms with Crippen LogP contribution in [-0.2, 0) is 9.47 Å². The van der Waals surface area contributed by atoms with Crippen molar-refractivity contribution in [3.63, 3.8) is 0 Å². The van der Waals surface area contributed by atoms with Crippen molar-refractivity contribution in [2.24, 2.45) is 5.92 Å². The van der Waals surface area contributed by atoms with Gasteiger partial charge in [-0.2, -0.15) is 0 Å². The molecule has 0 bridgehead atoms. The molecule has 0 spiro atoms. The Morgan fingerprint density at radius 1 is 1.64 bits per heavy atom. The Kier molecular flexibility index (Phi) is 3.20. The summed E-state index contributed by atoms with van der Waals surface area (Å²) in [5.74, 6) is 0.472. The lowest BCUT2D eigenvalue weighted by Crippen LogP contribution is -2.16. The fraction of sp³-hybridized carbons (Fsp3) is 0.750.